The number of carbonyl (C=O) groups excluding carboxylic acids is 2. The number of amides is 1. The molecule has 7 heteroatoms. The maximum Gasteiger partial charge on any atom is 0.308 e. The molecular formula is C32H34N2O5. The summed E-state index contributed by atoms with van der Waals surface area (Å²) in [6.45, 7) is 7.13. The van der Waals surface area contributed by atoms with E-state index in [-0.39, 0.29) is 35.5 Å². The summed E-state index contributed by atoms with van der Waals surface area (Å²) in [5.74, 6) is 7.46. The van der Waals surface area contributed by atoms with E-state index in [1.807, 2.05) is 43.5 Å². The lowest BCUT2D eigenvalue weighted by Crippen LogP contribution is -2.68. The lowest BCUT2D eigenvalue weighted by atomic mass is 9.51. The van der Waals surface area contributed by atoms with Crippen LogP contribution in [0.3, 0.4) is 0 Å². The predicted octanol–water partition coefficient (Wildman–Crippen LogP) is 3.72. The molecule has 0 N–H and O–H groups in total. The van der Waals surface area contributed by atoms with E-state index in [1.54, 1.807) is 18.1 Å². The highest BCUT2D eigenvalue weighted by atomic mass is 16.5. The van der Waals surface area contributed by atoms with Crippen LogP contribution in [0.15, 0.2) is 49.1 Å². The average molecular weight is 527 g/mol. The molecule has 1 saturated carbocycles. The molecule has 1 saturated heterocycles. The fraction of sp³-hybridized carbons (Fsp3) is 0.438. The van der Waals surface area contributed by atoms with Gasteiger partial charge in [-0.05, 0) is 50.3 Å². The van der Waals surface area contributed by atoms with Crippen molar-refractivity contribution in [1.82, 2.24) is 9.80 Å². The Labute approximate surface area is 229 Å². The number of likely N-dealkylation sites (tertiary alicyclic amines) is 1. The molecule has 2 aliphatic heterocycles. The first-order chi connectivity index (χ1) is 18.9. The molecule has 0 aromatic heterocycles. The molecule has 5 atom stereocenters. The van der Waals surface area contributed by atoms with Crippen LogP contribution in [-0.2, 0) is 21.4 Å². The van der Waals surface area contributed by atoms with Crippen molar-refractivity contribution >= 4 is 11.9 Å². The summed E-state index contributed by atoms with van der Waals surface area (Å²) < 4.78 is 18.4. The lowest BCUT2D eigenvalue weighted by Gasteiger charge is -2.60. The van der Waals surface area contributed by atoms with Crippen molar-refractivity contribution in [2.45, 2.75) is 56.2 Å². The molecule has 2 bridgehead atoms. The smallest absolute Gasteiger partial charge is 0.308 e. The number of rotatable bonds is 5. The Hall–Kier alpha value is -3.76. The second kappa shape index (κ2) is 9.77. The van der Waals surface area contributed by atoms with Crippen LogP contribution in [0.1, 0.15) is 42.9 Å². The van der Waals surface area contributed by atoms with E-state index in [0.29, 0.717) is 17.4 Å². The molecule has 39 heavy (non-hydrogen) atoms. The van der Waals surface area contributed by atoms with Gasteiger partial charge in [0.1, 0.15) is 11.9 Å². The van der Waals surface area contributed by atoms with Gasteiger partial charge in [0.15, 0.2) is 11.5 Å². The van der Waals surface area contributed by atoms with Crippen molar-refractivity contribution in [2.75, 3.05) is 27.2 Å². The highest BCUT2D eigenvalue weighted by molar-refractivity contribution is 5.94. The molecule has 6 rings (SSSR count). The highest BCUT2D eigenvalue weighted by Gasteiger charge is 2.67. The molecular weight excluding hydrogens is 492 g/mol. The number of nitrogens with zero attached hydrogens (tertiary/aromatic N) is 2. The first-order valence-corrected chi connectivity index (χ1v) is 13.7. The third-order valence-electron chi connectivity index (χ3n) is 9.22. The molecule has 7 nitrogen and oxygen atoms in total. The summed E-state index contributed by atoms with van der Waals surface area (Å²) in [4.78, 5) is 29.7. The largest absolute Gasteiger partial charge is 0.493 e. The molecule has 1 spiro atoms. The zero-order valence-electron chi connectivity index (χ0n) is 22.7. The van der Waals surface area contributed by atoms with Crippen LogP contribution in [0.4, 0.5) is 0 Å². The Morgan fingerprint density at radius 2 is 2.05 bits per heavy atom. The predicted molar refractivity (Wildman–Crippen MR) is 147 cm³/mol. The molecule has 2 aliphatic carbocycles. The minimum Gasteiger partial charge on any atom is -0.493 e. The van der Waals surface area contributed by atoms with Crippen LogP contribution >= 0.6 is 0 Å². The number of likely N-dealkylation sites (N-methyl/N-ethyl adjacent to an activating group) is 1. The van der Waals surface area contributed by atoms with Crippen molar-refractivity contribution in [3.05, 3.63) is 65.7 Å². The SMILES string of the molecule is C=CCN1CC[C@]23c4c5c(OC(C)=O)cc(OC)c4O[C@H]2[C@@H](N(C)C(=O)C#Cc2ccccc2)CC[C@H]3[C@H]1C5. The average Bonchev–Trinajstić information content (AvgIpc) is 3.28. The van der Waals surface area contributed by atoms with E-state index in [9.17, 15) is 9.59 Å². The van der Waals surface area contributed by atoms with E-state index in [1.165, 1.54) is 6.92 Å². The van der Waals surface area contributed by atoms with Crippen molar-refractivity contribution in [2.24, 2.45) is 5.92 Å². The number of methoxy groups -OCH3 is 1. The summed E-state index contributed by atoms with van der Waals surface area (Å²) in [5.41, 5.74) is 2.64. The van der Waals surface area contributed by atoms with Gasteiger partial charge >= 0.3 is 5.97 Å². The number of piperidine rings is 1. The van der Waals surface area contributed by atoms with Crippen LogP contribution in [0.25, 0.3) is 0 Å². The van der Waals surface area contributed by atoms with Gasteiger partial charge in [0, 0.05) is 60.7 Å². The van der Waals surface area contributed by atoms with Crippen molar-refractivity contribution in [1.29, 1.82) is 0 Å². The van der Waals surface area contributed by atoms with Crippen molar-refractivity contribution in [3.63, 3.8) is 0 Å². The first kappa shape index (κ1) is 25.5. The second-order valence-corrected chi connectivity index (χ2v) is 11.0. The van der Waals surface area contributed by atoms with Gasteiger partial charge in [0.25, 0.3) is 5.91 Å². The van der Waals surface area contributed by atoms with Gasteiger partial charge in [-0.25, -0.2) is 0 Å². The number of ether oxygens (including phenoxy) is 3. The summed E-state index contributed by atoms with van der Waals surface area (Å²) in [7, 11) is 3.45. The minimum atomic E-state index is -0.361. The van der Waals surface area contributed by atoms with Crippen molar-refractivity contribution in [3.8, 4) is 29.1 Å². The fourth-order valence-electron chi connectivity index (χ4n) is 7.71. The maximum atomic E-state index is 13.3. The summed E-state index contributed by atoms with van der Waals surface area (Å²) in [6.07, 6.45) is 5.17. The van der Waals surface area contributed by atoms with E-state index in [2.05, 4.69) is 23.3 Å². The van der Waals surface area contributed by atoms with Gasteiger partial charge in [0.2, 0.25) is 0 Å². The Kier molecular flexibility index (Phi) is 6.39. The van der Waals surface area contributed by atoms with Gasteiger partial charge in [-0.2, -0.15) is 0 Å². The molecule has 0 unspecified atom stereocenters. The molecule has 2 fully saturated rings. The van der Waals surface area contributed by atoms with E-state index in [4.69, 9.17) is 14.2 Å². The molecule has 202 valence electrons. The normalized spacial score (nSPS) is 27.8. The summed E-state index contributed by atoms with van der Waals surface area (Å²) in [6, 6.07) is 11.5. The number of benzene rings is 2. The van der Waals surface area contributed by atoms with Gasteiger partial charge < -0.3 is 19.1 Å². The monoisotopic (exact) mass is 526 g/mol. The van der Waals surface area contributed by atoms with Gasteiger partial charge in [-0.3, -0.25) is 14.5 Å². The minimum absolute atomic E-state index is 0.148. The zero-order chi connectivity index (χ0) is 27.3. The summed E-state index contributed by atoms with van der Waals surface area (Å²) in [5, 5.41) is 0. The van der Waals surface area contributed by atoms with Crippen LogP contribution in [0.5, 0.6) is 17.2 Å². The Morgan fingerprint density at radius 3 is 2.77 bits per heavy atom. The van der Waals surface area contributed by atoms with Crippen LogP contribution in [0, 0.1) is 17.8 Å². The third-order valence-corrected chi connectivity index (χ3v) is 9.22. The Bertz CT molecular complexity index is 1390. The number of carbonyl (C=O) groups is 2. The van der Waals surface area contributed by atoms with Crippen LogP contribution in [0.2, 0.25) is 0 Å². The number of hydrogen-bond donors (Lipinski definition) is 0. The zero-order valence-corrected chi connectivity index (χ0v) is 22.7. The number of hydrogen-bond acceptors (Lipinski definition) is 6. The van der Waals surface area contributed by atoms with E-state index < -0.39 is 0 Å². The van der Waals surface area contributed by atoms with Crippen LogP contribution in [-0.4, -0.2) is 67.1 Å². The standard InChI is InChI=1S/C32H34N2O5/c1-5-16-34-17-15-32-23-12-13-24(33(3)28(36)14-11-21-9-7-6-8-10-21)31(32)39-30-27(37-4)19-26(38-20(2)35)22(29(30)32)18-25(23)34/h5-10,19,23-25,31H,1,12-13,15-18H2,2-4H3/t23-,24-,25+,31-,32-/m0/s1. The van der Waals surface area contributed by atoms with Crippen molar-refractivity contribution < 1.29 is 23.8 Å². The van der Waals surface area contributed by atoms with Crippen LogP contribution < -0.4 is 14.2 Å². The third kappa shape index (κ3) is 3.92. The van der Waals surface area contributed by atoms with Gasteiger partial charge in [0.05, 0.1) is 13.2 Å². The topological polar surface area (TPSA) is 68.3 Å². The van der Waals surface area contributed by atoms with E-state index in [0.717, 1.165) is 61.2 Å². The molecule has 2 aromatic carbocycles. The fourth-order valence-corrected chi connectivity index (χ4v) is 7.71. The molecule has 1 amide bonds. The molecule has 2 aromatic rings. The Balaban J connectivity index is 1.44. The summed E-state index contributed by atoms with van der Waals surface area (Å²) >= 11 is 0. The molecule has 2 heterocycles. The molecule has 0 radical (unpaired) electrons. The van der Waals surface area contributed by atoms with E-state index >= 15 is 0 Å². The molecule has 4 aliphatic rings. The Morgan fingerprint density at radius 1 is 1.26 bits per heavy atom. The maximum absolute atomic E-state index is 13.3. The van der Waals surface area contributed by atoms with Gasteiger partial charge in [-0.15, -0.1) is 6.58 Å². The first-order valence-electron chi connectivity index (χ1n) is 13.7. The second-order valence-electron chi connectivity index (χ2n) is 11.0. The number of esters is 1. The quantitative estimate of drug-likeness (QED) is 0.256. The highest BCUT2D eigenvalue weighted by Crippen LogP contribution is 2.65. The van der Waals surface area contributed by atoms with Gasteiger partial charge in [-0.1, -0.05) is 30.2 Å². The lowest BCUT2D eigenvalue weighted by molar-refractivity contribution is -0.134.